The minimum atomic E-state index is -3.76. The van der Waals surface area contributed by atoms with Crippen LogP contribution in [0.3, 0.4) is 0 Å². The number of likely N-dealkylation sites (tertiary alicyclic amines) is 1. The second-order valence-electron chi connectivity index (χ2n) is 7.35. The predicted molar refractivity (Wildman–Crippen MR) is 102 cm³/mol. The predicted octanol–water partition coefficient (Wildman–Crippen LogP) is 2.15. The molecule has 152 valence electrons. The van der Waals surface area contributed by atoms with Gasteiger partial charge < -0.3 is 14.7 Å². The van der Waals surface area contributed by atoms with Gasteiger partial charge in [-0.3, -0.25) is 4.18 Å². The summed E-state index contributed by atoms with van der Waals surface area (Å²) in [5, 5.41) is 11.5. The fourth-order valence-corrected chi connectivity index (χ4v) is 4.10. The highest BCUT2D eigenvalue weighted by atomic mass is 35.5. The summed E-state index contributed by atoms with van der Waals surface area (Å²) in [6, 6.07) is 3.34. The average molecular weight is 439 g/mol. The Morgan fingerprint density at radius 3 is 2.67 bits per heavy atom. The number of carbonyl (C=O) groups excluding carboxylic acids is 1. The van der Waals surface area contributed by atoms with Gasteiger partial charge in [0.05, 0.1) is 34.7 Å². The Balaban J connectivity index is 2.20. The van der Waals surface area contributed by atoms with Crippen LogP contribution in [0, 0.1) is 0 Å². The van der Waals surface area contributed by atoms with Crippen molar-refractivity contribution in [2.75, 3.05) is 26.0 Å². The zero-order valence-electron chi connectivity index (χ0n) is 15.5. The van der Waals surface area contributed by atoms with Crippen molar-refractivity contribution in [2.45, 2.75) is 42.2 Å². The van der Waals surface area contributed by atoms with Crippen molar-refractivity contribution >= 4 is 39.6 Å². The molecule has 0 saturated carbocycles. The molecule has 11 heteroatoms. The molecule has 1 amide bonds. The van der Waals surface area contributed by atoms with E-state index in [1.54, 1.807) is 32.9 Å². The third-order valence-electron chi connectivity index (χ3n) is 3.59. The number of β-amino-alcohol motifs (C(OH)–C–C–N with tert-alkyl or cyclic N) is 1. The van der Waals surface area contributed by atoms with Gasteiger partial charge >= 0.3 is 6.09 Å². The van der Waals surface area contributed by atoms with Gasteiger partial charge in [0.2, 0.25) is 0 Å². The van der Waals surface area contributed by atoms with E-state index < -0.39 is 39.3 Å². The highest BCUT2D eigenvalue weighted by Crippen LogP contribution is 2.36. The number of thioether (sulfide) groups is 1. The number of halogens is 1. The molecule has 2 atom stereocenters. The molecule has 1 N–H and O–H groups in total. The van der Waals surface area contributed by atoms with Crippen molar-refractivity contribution in [1.82, 2.24) is 9.88 Å². The van der Waals surface area contributed by atoms with E-state index in [2.05, 4.69) is 4.98 Å². The number of nitrogens with zero attached hydrogens (tertiary/aromatic N) is 2. The molecule has 8 nitrogen and oxygen atoms in total. The van der Waals surface area contributed by atoms with Crippen LogP contribution in [0.5, 0.6) is 0 Å². The first kappa shape index (κ1) is 22.2. The Bertz CT molecular complexity index is 781. The van der Waals surface area contributed by atoms with Gasteiger partial charge in [-0.1, -0.05) is 23.4 Å². The van der Waals surface area contributed by atoms with Crippen LogP contribution in [0.4, 0.5) is 4.79 Å². The van der Waals surface area contributed by atoms with E-state index in [1.807, 2.05) is 0 Å². The van der Waals surface area contributed by atoms with Gasteiger partial charge in [-0.2, -0.15) is 8.42 Å². The lowest BCUT2D eigenvalue weighted by molar-refractivity contribution is -0.00174. The zero-order chi connectivity index (χ0) is 20.5. The van der Waals surface area contributed by atoms with Crippen LogP contribution in [0.2, 0.25) is 5.02 Å². The highest BCUT2D eigenvalue weighted by molar-refractivity contribution is 8.00. The quantitative estimate of drug-likeness (QED) is 0.697. The number of ether oxygens (including phenoxy) is 1. The van der Waals surface area contributed by atoms with Crippen LogP contribution >= 0.6 is 23.4 Å². The van der Waals surface area contributed by atoms with Gasteiger partial charge in [-0.25, -0.2) is 9.78 Å². The number of hydrogen-bond donors (Lipinski definition) is 1. The molecule has 27 heavy (non-hydrogen) atoms. The SMILES string of the molecule is CC(C)(C)OC(=O)N1C[C@H](Sc2ccc(Cl)cn2)[C@@](O)(COS(C)(=O)=O)C1. The van der Waals surface area contributed by atoms with Crippen molar-refractivity contribution in [3.8, 4) is 0 Å². The number of aliphatic hydroxyl groups is 1. The number of pyridine rings is 1. The molecule has 2 rings (SSSR count). The lowest BCUT2D eigenvalue weighted by Gasteiger charge is -2.27. The van der Waals surface area contributed by atoms with Crippen LogP contribution in [0.25, 0.3) is 0 Å². The lowest BCUT2D eigenvalue weighted by atomic mass is 10.1. The van der Waals surface area contributed by atoms with E-state index in [0.717, 1.165) is 6.26 Å². The fourth-order valence-electron chi connectivity index (χ4n) is 2.40. The molecule has 0 radical (unpaired) electrons. The molecule has 2 heterocycles. The Hall–Kier alpha value is -1.07. The number of amides is 1. The number of carbonyl (C=O) groups is 1. The highest BCUT2D eigenvalue weighted by Gasteiger charge is 2.49. The van der Waals surface area contributed by atoms with E-state index in [-0.39, 0.29) is 13.1 Å². The van der Waals surface area contributed by atoms with Gasteiger partial charge in [0, 0.05) is 12.7 Å². The molecule has 1 saturated heterocycles. The van der Waals surface area contributed by atoms with Crippen molar-refractivity contribution < 1.29 is 27.2 Å². The summed E-state index contributed by atoms with van der Waals surface area (Å²) in [5.41, 5.74) is -2.28. The van der Waals surface area contributed by atoms with E-state index >= 15 is 0 Å². The lowest BCUT2D eigenvalue weighted by Crippen LogP contribution is -2.46. The monoisotopic (exact) mass is 438 g/mol. The number of hydrogen-bond acceptors (Lipinski definition) is 8. The standard InChI is InChI=1S/C16H23ClN2O6S2/c1-15(2,3)25-14(20)19-8-12(26-13-6-5-11(17)7-18-13)16(21,9-19)10-24-27(4,22)23/h5-7,12,21H,8-10H2,1-4H3/t12-,16-/m0/s1. The first-order valence-electron chi connectivity index (χ1n) is 8.10. The Morgan fingerprint density at radius 1 is 1.48 bits per heavy atom. The third-order valence-corrected chi connectivity index (χ3v) is 5.71. The van der Waals surface area contributed by atoms with Crippen molar-refractivity contribution in [2.24, 2.45) is 0 Å². The molecule has 0 unspecified atom stereocenters. The fraction of sp³-hybridized carbons (Fsp3) is 0.625. The summed E-state index contributed by atoms with van der Waals surface area (Å²) < 4.78 is 32.9. The number of aromatic nitrogens is 1. The van der Waals surface area contributed by atoms with E-state index in [4.69, 9.17) is 20.5 Å². The maximum atomic E-state index is 12.4. The van der Waals surface area contributed by atoms with Gasteiger partial charge in [0.15, 0.2) is 0 Å². The second kappa shape index (κ2) is 8.12. The molecule has 1 aliphatic rings. The summed E-state index contributed by atoms with van der Waals surface area (Å²) in [6.07, 6.45) is 1.78. The van der Waals surface area contributed by atoms with Gasteiger partial charge in [-0.05, 0) is 32.9 Å². The minimum absolute atomic E-state index is 0.122. The van der Waals surface area contributed by atoms with Crippen molar-refractivity contribution in [3.63, 3.8) is 0 Å². The largest absolute Gasteiger partial charge is 0.444 e. The zero-order valence-corrected chi connectivity index (χ0v) is 17.9. The van der Waals surface area contributed by atoms with E-state index in [1.165, 1.54) is 22.9 Å². The van der Waals surface area contributed by atoms with Crippen LogP contribution in [-0.4, -0.2) is 71.9 Å². The Kier molecular flexibility index (Phi) is 6.68. The van der Waals surface area contributed by atoms with E-state index in [9.17, 15) is 18.3 Å². The van der Waals surface area contributed by atoms with Gasteiger partial charge in [-0.15, -0.1) is 0 Å². The Morgan fingerprint density at radius 2 is 2.15 bits per heavy atom. The Labute approximate surface area is 168 Å². The second-order valence-corrected chi connectivity index (χ2v) is 10.7. The molecule has 1 aromatic rings. The van der Waals surface area contributed by atoms with Crippen molar-refractivity contribution in [1.29, 1.82) is 0 Å². The molecule has 1 aromatic heterocycles. The summed E-state index contributed by atoms with van der Waals surface area (Å²) >= 11 is 7.05. The van der Waals surface area contributed by atoms with Crippen LogP contribution in [-0.2, 0) is 19.0 Å². The summed E-state index contributed by atoms with van der Waals surface area (Å²) in [5.74, 6) is 0. The molecule has 0 aromatic carbocycles. The maximum absolute atomic E-state index is 12.4. The third kappa shape index (κ3) is 6.79. The molecule has 0 spiro atoms. The first-order chi connectivity index (χ1) is 12.3. The molecule has 1 aliphatic heterocycles. The van der Waals surface area contributed by atoms with Gasteiger partial charge in [0.1, 0.15) is 11.2 Å². The van der Waals surface area contributed by atoms with Crippen LogP contribution < -0.4 is 0 Å². The van der Waals surface area contributed by atoms with Crippen molar-refractivity contribution in [3.05, 3.63) is 23.4 Å². The summed E-state index contributed by atoms with van der Waals surface area (Å²) in [6.45, 7) is 4.77. The van der Waals surface area contributed by atoms with Crippen LogP contribution in [0.15, 0.2) is 23.4 Å². The molecule has 0 bridgehead atoms. The molecule has 0 aliphatic carbocycles. The summed E-state index contributed by atoms with van der Waals surface area (Å²) in [4.78, 5) is 17.9. The maximum Gasteiger partial charge on any atom is 0.410 e. The normalized spacial score (nSPS) is 23.5. The average Bonchev–Trinajstić information content (AvgIpc) is 2.83. The smallest absolute Gasteiger partial charge is 0.410 e. The topological polar surface area (TPSA) is 106 Å². The molecular formula is C16H23ClN2O6S2. The molecule has 1 fully saturated rings. The minimum Gasteiger partial charge on any atom is -0.444 e. The molecular weight excluding hydrogens is 416 g/mol. The van der Waals surface area contributed by atoms with Gasteiger partial charge in [0.25, 0.3) is 10.1 Å². The van der Waals surface area contributed by atoms with Crippen LogP contribution in [0.1, 0.15) is 20.8 Å². The first-order valence-corrected chi connectivity index (χ1v) is 11.2. The summed E-state index contributed by atoms with van der Waals surface area (Å²) in [7, 11) is -3.76. The number of rotatable bonds is 5. The van der Waals surface area contributed by atoms with E-state index in [0.29, 0.717) is 10.0 Å².